The molecule has 0 amide bonds. The molecular formula is C6H7NOS. The highest BCUT2D eigenvalue weighted by Crippen LogP contribution is 2.13. The molecule has 0 aliphatic heterocycles. The van der Waals surface area contributed by atoms with E-state index in [0.717, 1.165) is 4.88 Å². The van der Waals surface area contributed by atoms with Crippen molar-refractivity contribution in [2.24, 2.45) is 5.18 Å². The summed E-state index contributed by atoms with van der Waals surface area (Å²) in [6, 6.07) is 1.98. The van der Waals surface area contributed by atoms with E-state index in [2.05, 4.69) is 5.18 Å². The molecule has 1 aromatic rings. The molecule has 0 radical (unpaired) electrons. The van der Waals surface area contributed by atoms with E-state index in [9.17, 15) is 4.91 Å². The number of rotatable bonds is 2. The third-order valence-corrected chi connectivity index (χ3v) is 2.04. The summed E-state index contributed by atoms with van der Waals surface area (Å²) >= 11 is 1.58. The Balaban J connectivity index is 2.72. The number of thiophene rings is 1. The molecule has 0 aliphatic rings. The fraction of sp³-hybridized carbons (Fsp3) is 0.333. The summed E-state index contributed by atoms with van der Waals surface area (Å²) in [6.07, 6.45) is 0. The van der Waals surface area contributed by atoms with Gasteiger partial charge in [-0.15, -0.1) is 11.3 Å². The molecule has 9 heavy (non-hydrogen) atoms. The zero-order valence-electron chi connectivity index (χ0n) is 5.13. The number of hydrogen-bond donors (Lipinski definition) is 0. The Morgan fingerprint density at radius 1 is 1.78 bits per heavy atom. The van der Waals surface area contributed by atoms with Crippen LogP contribution in [-0.2, 0) is 6.54 Å². The third-order valence-electron chi connectivity index (χ3n) is 1.01. The second-order valence-corrected chi connectivity index (χ2v) is 2.87. The highest BCUT2D eigenvalue weighted by Gasteiger charge is 1.93. The maximum Gasteiger partial charge on any atom is 0.115 e. The minimum absolute atomic E-state index is 0.318. The molecule has 1 heterocycles. The zero-order valence-corrected chi connectivity index (χ0v) is 5.94. The molecule has 2 nitrogen and oxygen atoms in total. The highest BCUT2D eigenvalue weighted by atomic mass is 32.1. The predicted octanol–water partition coefficient (Wildman–Crippen LogP) is 2.32. The summed E-state index contributed by atoms with van der Waals surface area (Å²) in [5.74, 6) is 0. The van der Waals surface area contributed by atoms with Gasteiger partial charge in [-0.25, -0.2) is 0 Å². The van der Waals surface area contributed by atoms with Crippen molar-refractivity contribution in [2.75, 3.05) is 0 Å². The van der Waals surface area contributed by atoms with E-state index in [-0.39, 0.29) is 0 Å². The lowest BCUT2D eigenvalue weighted by atomic mass is 10.3. The van der Waals surface area contributed by atoms with E-state index >= 15 is 0 Å². The fourth-order valence-electron chi connectivity index (χ4n) is 0.637. The number of hydrogen-bond acceptors (Lipinski definition) is 3. The first-order chi connectivity index (χ1) is 4.33. The van der Waals surface area contributed by atoms with E-state index in [1.165, 1.54) is 5.56 Å². The minimum Gasteiger partial charge on any atom is -0.150 e. The summed E-state index contributed by atoms with van der Waals surface area (Å²) in [7, 11) is 0. The second-order valence-electron chi connectivity index (χ2n) is 1.88. The Kier molecular flexibility index (Phi) is 1.95. The Morgan fingerprint density at radius 3 is 3.00 bits per heavy atom. The van der Waals surface area contributed by atoms with Crippen LogP contribution < -0.4 is 0 Å². The molecule has 0 N–H and O–H groups in total. The zero-order chi connectivity index (χ0) is 6.69. The lowest BCUT2D eigenvalue weighted by Gasteiger charge is -1.78. The normalized spacial score (nSPS) is 9.44. The summed E-state index contributed by atoms with van der Waals surface area (Å²) in [5.41, 5.74) is 1.21. The molecule has 0 unspecified atom stereocenters. The minimum atomic E-state index is 0.318. The van der Waals surface area contributed by atoms with E-state index in [1.807, 2.05) is 18.4 Å². The standard InChI is InChI=1S/C6H7NOS/c1-5-2-6(3-7-8)9-4-5/h2,4H,3H2,1H3. The monoisotopic (exact) mass is 141 g/mol. The van der Waals surface area contributed by atoms with Crippen molar-refractivity contribution in [1.82, 2.24) is 0 Å². The van der Waals surface area contributed by atoms with Crippen LogP contribution in [0.4, 0.5) is 0 Å². The van der Waals surface area contributed by atoms with Gasteiger partial charge in [-0.2, -0.15) is 4.91 Å². The van der Waals surface area contributed by atoms with Crippen molar-refractivity contribution < 1.29 is 0 Å². The molecule has 0 atom stereocenters. The van der Waals surface area contributed by atoms with Crippen LogP contribution in [0.15, 0.2) is 16.6 Å². The molecule has 3 heteroatoms. The van der Waals surface area contributed by atoms with E-state index in [4.69, 9.17) is 0 Å². The first kappa shape index (κ1) is 6.42. The van der Waals surface area contributed by atoms with E-state index < -0.39 is 0 Å². The van der Waals surface area contributed by atoms with Crippen LogP contribution in [0.5, 0.6) is 0 Å². The van der Waals surface area contributed by atoms with Gasteiger partial charge in [0.2, 0.25) is 0 Å². The number of nitrogens with zero attached hydrogens (tertiary/aromatic N) is 1. The Bertz CT molecular complexity index is 207. The average molecular weight is 141 g/mol. The Morgan fingerprint density at radius 2 is 2.56 bits per heavy atom. The molecule has 1 rings (SSSR count). The summed E-state index contributed by atoms with van der Waals surface area (Å²) in [5, 5.41) is 4.79. The molecule has 0 aliphatic carbocycles. The predicted molar refractivity (Wildman–Crippen MR) is 38.6 cm³/mol. The molecule has 0 aromatic carbocycles. The van der Waals surface area contributed by atoms with Crippen LogP contribution in [0, 0.1) is 11.8 Å². The molecule has 0 fully saturated rings. The van der Waals surface area contributed by atoms with Crippen LogP contribution in [0.25, 0.3) is 0 Å². The molecule has 1 aromatic heterocycles. The molecular weight excluding hydrogens is 134 g/mol. The van der Waals surface area contributed by atoms with Gasteiger partial charge >= 0.3 is 0 Å². The maximum atomic E-state index is 9.74. The van der Waals surface area contributed by atoms with Gasteiger partial charge in [-0.1, -0.05) is 5.18 Å². The largest absolute Gasteiger partial charge is 0.150 e. The molecule has 0 saturated heterocycles. The van der Waals surface area contributed by atoms with Crippen LogP contribution in [0.1, 0.15) is 10.4 Å². The SMILES string of the molecule is Cc1csc(CN=O)c1. The third kappa shape index (κ3) is 1.61. The van der Waals surface area contributed by atoms with Gasteiger partial charge < -0.3 is 0 Å². The van der Waals surface area contributed by atoms with Crippen LogP contribution in [0.3, 0.4) is 0 Å². The number of aryl methyl sites for hydroxylation is 1. The van der Waals surface area contributed by atoms with Crippen molar-refractivity contribution >= 4 is 11.3 Å². The van der Waals surface area contributed by atoms with Crippen LogP contribution >= 0.6 is 11.3 Å². The molecule has 0 bridgehead atoms. The quantitative estimate of drug-likeness (QED) is 0.581. The lowest BCUT2D eigenvalue weighted by Crippen LogP contribution is -1.68. The van der Waals surface area contributed by atoms with Crippen molar-refractivity contribution in [3.63, 3.8) is 0 Å². The van der Waals surface area contributed by atoms with Gasteiger partial charge in [0, 0.05) is 4.88 Å². The molecule has 0 saturated carbocycles. The van der Waals surface area contributed by atoms with Crippen LogP contribution in [0.2, 0.25) is 0 Å². The second kappa shape index (κ2) is 2.73. The van der Waals surface area contributed by atoms with Gasteiger partial charge in [0.05, 0.1) is 0 Å². The van der Waals surface area contributed by atoms with Crippen molar-refractivity contribution in [1.29, 1.82) is 0 Å². The first-order valence-corrected chi connectivity index (χ1v) is 3.54. The summed E-state index contributed by atoms with van der Waals surface area (Å²) in [6.45, 7) is 2.32. The van der Waals surface area contributed by atoms with Gasteiger partial charge in [-0.3, -0.25) is 0 Å². The lowest BCUT2D eigenvalue weighted by molar-refractivity contribution is 1.09. The van der Waals surface area contributed by atoms with Crippen LogP contribution in [-0.4, -0.2) is 0 Å². The van der Waals surface area contributed by atoms with Crippen molar-refractivity contribution in [3.05, 3.63) is 26.8 Å². The Labute approximate surface area is 57.5 Å². The van der Waals surface area contributed by atoms with E-state index in [0.29, 0.717) is 6.54 Å². The van der Waals surface area contributed by atoms with Gasteiger partial charge in [0.1, 0.15) is 6.54 Å². The Hall–Kier alpha value is -0.700. The number of nitroso groups, excluding NO2 is 1. The van der Waals surface area contributed by atoms with Crippen molar-refractivity contribution in [2.45, 2.75) is 13.5 Å². The van der Waals surface area contributed by atoms with Crippen molar-refractivity contribution in [3.8, 4) is 0 Å². The highest BCUT2D eigenvalue weighted by molar-refractivity contribution is 7.10. The maximum absolute atomic E-state index is 9.74. The first-order valence-electron chi connectivity index (χ1n) is 2.66. The molecule has 0 spiro atoms. The smallest absolute Gasteiger partial charge is 0.115 e. The van der Waals surface area contributed by atoms with Gasteiger partial charge in [-0.05, 0) is 23.9 Å². The summed E-state index contributed by atoms with van der Waals surface area (Å²) in [4.78, 5) is 10.8. The summed E-state index contributed by atoms with van der Waals surface area (Å²) < 4.78 is 0. The van der Waals surface area contributed by atoms with E-state index in [1.54, 1.807) is 11.3 Å². The van der Waals surface area contributed by atoms with Gasteiger partial charge in [0.25, 0.3) is 0 Å². The topological polar surface area (TPSA) is 29.4 Å². The fourth-order valence-corrected chi connectivity index (χ4v) is 1.42. The van der Waals surface area contributed by atoms with Gasteiger partial charge in [0.15, 0.2) is 0 Å². The average Bonchev–Trinajstić information content (AvgIpc) is 2.17. The molecule has 48 valence electrons.